The lowest BCUT2D eigenvalue weighted by Gasteiger charge is -2.20. The van der Waals surface area contributed by atoms with Crippen LogP contribution in [0.1, 0.15) is 13.8 Å². The van der Waals surface area contributed by atoms with Crippen LogP contribution in [0.5, 0.6) is 0 Å². The van der Waals surface area contributed by atoms with E-state index in [4.69, 9.17) is 17.3 Å². The van der Waals surface area contributed by atoms with Crippen molar-refractivity contribution in [1.82, 2.24) is 5.32 Å². The summed E-state index contributed by atoms with van der Waals surface area (Å²) >= 11 is 5.74. The molecule has 3 amide bonds. The SMILES string of the molecule is CC(C)[C@H](NC(N)=O)C(=O)Nc1ccc(Cl)cc1. The Labute approximate surface area is 111 Å². The molecule has 0 aliphatic carbocycles. The molecule has 0 aromatic heterocycles. The van der Waals surface area contributed by atoms with Gasteiger partial charge in [-0.1, -0.05) is 25.4 Å². The summed E-state index contributed by atoms with van der Waals surface area (Å²) in [6.07, 6.45) is 0. The fourth-order valence-electron chi connectivity index (χ4n) is 1.44. The highest BCUT2D eigenvalue weighted by Crippen LogP contribution is 2.14. The number of benzene rings is 1. The van der Waals surface area contributed by atoms with Gasteiger partial charge in [0.1, 0.15) is 6.04 Å². The van der Waals surface area contributed by atoms with Crippen molar-refractivity contribution < 1.29 is 9.59 Å². The van der Waals surface area contributed by atoms with Gasteiger partial charge in [-0.15, -0.1) is 0 Å². The van der Waals surface area contributed by atoms with Crippen molar-refractivity contribution in [2.45, 2.75) is 19.9 Å². The van der Waals surface area contributed by atoms with E-state index in [1.807, 2.05) is 13.8 Å². The fraction of sp³-hybridized carbons (Fsp3) is 0.333. The number of primary amides is 1. The lowest BCUT2D eigenvalue weighted by molar-refractivity contribution is -0.118. The predicted octanol–water partition coefficient (Wildman–Crippen LogP) is 1.97. The maximum Gasteiger partial charge on any atom is 0.312 e. The number of hydrogen-bond donors (Lipinski definition) is 3. The first kappa shape index (κ1) is 14.3. The second-order valence-electron chi connectivity index (χ2n) is 4.23. The van der Waals surface area contributed by atoms with Crippen molar-refractivity contribution in [2.24, 2.45) is 11.7 Å². The topological polar surface area (TPSA) is 84.2 Å². The van der Waals surface area contributed by atoms with Gasteiger partial charge in [-0.3, -0.25) is 4.79 Å². The van der Waals surface area contributed by atoms with E-state index in [2.05, 4.69) is 10.6 Å². The Morgan fingerprint density at radius 1 is 1.22 bits per heavy atom. The molecule has 0 aliphatic rings. The summed E-state index contributed by atoms with van der Waals surface area (Å²) < 4.78 is 0. The molecule has 0 radical (unpaired) electrons. The Morgan fingerprint density at radius 3 is 2.22 bits per heavy atom. The maximum absolute atomic E-state index is 12.0. The summed E-state index contributed by atoms with van der Waals surface area (Å²) in [4.78, 5) is 22.8. The first-order chi connectivity index (χ1) is 8.40. The van der Waals surface area contributed by atoms with E-state index in [1.165, 1.54) is 0 Å². The molecule has 0 aliphatic heterocycles. The largest absolute Gasteiger partial charge is 0.352 e. The van der Waals surface area contributed by atoms with Crippen molar-refractivity contribution >= 4 is 29.2 Å². The summed E-state index contributed by atoms with van der Waals surface area (Å²) in [5.74, 6) is -0.379. The van der Waals surface area contributed by atoms with Crippen molar-refractivity contribution in [2.75, 3.05) is 5.32 Å². The highest BCUT2D eigenvalue weighted by molar-refractivity contribution is 6.30. The van der Waals surface area contributed by atoms with Crippen LogP contribution in [-0.2, 0) is 4.79 Å². The van der Waals surface area contributed by atoms with Gasteiger partial charge in [-0.05, 0) is 30.2 Å². The molecule has 0 fully saturated rings. The van der Waals surface area contributed by atoms with Gasteiger partial charge in [-0.25, -0.2) is 4.79 Å². The second-order valence-corrected chi connectivity index (χ2v) is 4.66. The molecule has 0 heterocycles. The number of carbonyl (C=O) groups excluding carboxylic acids is 2. The summed E-state index contributed by atoms with van der Waals surface area (Å²) in [6, 6.07) is 5.31. The lowest BCUT2D eigenvalue weighted by Crippen LogP contribution is -2.49. The standard InChI is InChI=1S/C12H16ClN3O2/c1-7(2)10(16-12(14)18)11(17)15-9-5-3-8(13)4-6-9/h3-7,10H,1-2H3,(H,15,17)(H3,14,16,18)/t10-/m0/s1. The number of anilines is 1. The molecular weight excluding hydrogens is 254 g/mol. The first-order valence-electron chi connectivity index (χ1n) is 5.52. The Morgan fingerprint density at radius 2 is 1.78 bits per heavy atom. The highest BCUT2D eigenvalue weighted by Gasteiger charge is 2.23. The van der Waals surface area contributed by atoms with Crippen molar-refractivity contribution in [3.05, 3.63) is 29.3 Å². The number of hydrogen-bond acceptors (Lipinski definition) is 2. The normalized spacial score (nSPS) is 12.0. The van der Waals surface area contributed by atoms with Crippen LogP contribution < -0.4 is 16.4 Å². The molecular formula is C12H16ClN3O2. The average molecular weight is 270 g/mol. The number of rotatable bonds is 4. The molecule has 1 rings (SSSR count). The second kappa shape index (κ2) is 6.26. The van der Waals surface area contributed by atoms with E-state index in [0.717, 1.165) is 0 Å². The van der Waals surface area contributed by atoms with Crippen LogP contribution in [0.2, 0.25) is 5.02 Å². The molecule has 98 valence electrons. The van der Waals surface area contributed by atoms with Crippen molar-refractivity contribution in [1.29, 1.82) is 0 Å². The molecule has 0 saturated heterocycles. The monoisotopic (exact) mass is 269 g/mol. The number of halogens is 1. The summed E-state index contributed by atoms with van der Waals surface area (Å²) in [5.41, 5.74) is 5.65. The number of urea groups is 1. The third-order valence-corrected chi connectivity index (χ3v) is 2.61. The Kier molecular flexibility index (Phi) is 4.97. The molecule has 18 heavy (non-hydrogen) atoms. The summed E-state index contributed by atoms with van der Waals surface area (Å²) in [5, 5.41) is 5.69. The molecule has 0 spiro atoms. The smallest absolute Gasteiger partial charge is 0.312 e. The van der Waals surface area contributed by atoms with Gasteiger partial charge in [0.15, 0.2) is 0 Å². The molecule has 4 N–H and O–H groups in total. The Bertz CT molecular complexity index is 431. The zero-order valence-electron chi connectivity index (χ0n) is 10.2. The van der Waals surface area contributed by atoms with E-state index >= 15 is 0 Å². The van der Waals surface area contributed by atoms with Gasteiger partial charge in [-0.2, -0.15) is 0 Å². The minimum atomic E-state index is -0.722. The highest BCUT2D eigenvalue weighted by atomic mass is 35.5. The van der Waals surface area contributed by atoms with E-state index in [-0.39, 0.29) is 11.8 Å². The van der Waals surface area contributed by atoms with E-state index in [9.17, 15) is 9.59 Å². The van der Waals surface area contributed by atoms with Gasteiger partial charge in [0.25, 0.3) is 0 Å². The molecule has 1 aromatic carbocycles. The minimum Gasteiger partial charge on any atom is -0.352 e. The molecule has 1 atom stereocenters. The van der Waals surface area contributed by atoms with E-state index < -0.39 is 12.1 Å². The van der Waals surface area contributed by atoms with Crippen LogP contribution in [-0.4, -0.2) is 18.0 Å². The quantitative estimate of drug-likeness (QED) is 0.781. The zero-order valence-corrected chi connectivity index (χ0v) is 11.0. The number of nitrogens with one attached hydrogen (secondary N) is 2. The lowest BCUT2D eigenvalue weighted by atomic mass is 10.0. The number of carbonyl (C=O) groups is 2. The summed E-state index contributed by atoms with van der Waals surface area (Å²) in [7, 11) is 0. The van der Waals surface area contributed by atoms with Crippen LogP contribution in [0, 0.1) is 5.92 Å². The van der Waals surface area contributed by atoms with Gasteiger partial charge in [0.05, 0.1) is 0 Å². The van der Waals surface area contributed by atoms with Crippen LogP contribution >= 0.6 is 11.6 Å². The molecule has 0 bridgehead atoms. The number of nitrogens with two attached hydrogens (primary N) is 1. The van der Waals surface area contributed by atoms with E-state index in [1.54, 1.807) is 24.3 Å². The zero-order chi connectivity index (χ0) is 13.7. The minimum absolute atomic E-state index is 0.0650. The van der Waals surface area contributed by atoms with Gasteiger partial charge in [0, 0.05) is 10.7 Å². The van der Waals surface area contributed by atoms with Crippen LogP contribution in [0.25, 0.3) is 0 Å². The summed E-state index contributed by atoms with van der Waals surface area (Å²) in [6.45, 7) is 3.64. The van der Waals surface area contributed by atoms with Crippen LogP contribution in [0.15, 0.2) is 24.3 Å². The third kappa shape index (κ3) is 4.25. The third-order valence-electron chi connectivity index (χ3n) is 2.36. The Balaban J connectivity index is 2.72. The molecule has 5 nitrogen and oxygen atoms in total. The molecule has 1 aromatic rings. The first-order valence-corrected chi connectivity index (χ1v) is 5.90. The fourth-order valence-corrected chi connectivity index (χ4v) is 1.57. The van der Waals surface area contributed by atoms with Crippen molar-refractivity contribution in [3.8, 4) is 0 Å². The average Bonchev–Trinajstić information content (AvgIpc) is 2.28. The van der Waals surface area contributed by atoms with Crippen molar-refractivity contribution in [3.63, 3.8) is 0 Å². The van der Waals surface area contributed by atoms with Crippen LogP contribution in [0.4, 0.5) is 10.5 Å². The Hall–Kier alpha value is -1.75. The van der Waals surface area contributed by atoms with Gasteiger partial charge < -0.3 is 16.4 Å². The van der Waals surface area contributed by atoms with Crippen LogP contribution in [0.3, 0.4) is 0 Å². The number of amides is 3. The van der Waals surface area contributed by atoms with Gasteiger partial charge in [0.2, 0.25) is 5.91 Å². The van der Waals surface area contributed by atoms with E-state index in [0.29, 0.717) is 10.7 Å². The molecule has 0 unspecified atom stereocenters. The van der Waals surface area contributed by atoms with Gasteiger partial charge >= 0.3 is 6.03 Å². The maximum atomic E-state index is 12.0. The molecule has 0 saturated carbocycles. The predicted molar refractivity (Wildman–Crippen MR) is 71.4 cm³/mol. The molecule has 6 heteroatoms.